The van der Waals surface area contributed by atoms with E-state index in [9.17, 15) is 0 Å². The highest BCUT2D eigenvalue weighted by atomic mass is 35.5. The molecule has 2 heterocycles. The molecule has 4 nitrogen and oxygen atoms in total. The molecular formula is C45H31ClN4Si. The number of benzene rings is 7. The zero-order valence-electron chi connectivity index (χ0n) is 27.6. The third-order valence-corrected chi connectivity index (χ3v) is 14.7. The number of nitrogens with zero attached hydrogens (tertiary/aromatic N) is 4. The van der Waals surface area contributed by atoms with Gasteiger partial charge in [-0.1, -0.05) is 164 Å². The molecule has 0 aliphatic heterocycles. The SMILES string of the molecule is Clc1nc(-c2cccc(-n3c4ccccc4c4ccccc43)c2)nc(-c2cccc([Si](c3ccccc3)(c3ccccc3)c3ccccc3)c2)n1. The Balaban J connectivity index is 1.20. The summed E-state index contributed by atoms with van der Waals surface area (Å²) in [5.74, 6) is 1.06. The van der Waals surface area contributed by atoms with E-state index in [0.717, 1.165) is 27.8 Å². The summed E-state index contributed by atoms with van der Waals surface area (Å²) in [5, 5.41) is 7.72. The highest BCUT2D eigenvalue weighted by molar-refractivity contribution is 7.19. The number of halogens is 1. The third-order valence-electron chi connectivity index (χ3n) is 9.72. The molecule has 6 heteroatoms. The van der Waals surface area contributed by atoms with Crippen molar-refractivity contribution in [2.45, 2.75) is 0 Å². The van der Waals surface area contributed by atoms with Gasteiger partial charge in [-0.25, -0.2) is 4.98 Å². The van der Waals surface area contributed by atoms with Gasteiger partial charge in [0.2, 0.25) is 5.28 Å². The lowest BCUT2D eigenvalue weighted by molar-refractivity contribution is 1.06. The van der Waals surface area contributed by atoms with Crippen molar-refractivity contribution in [2.75, 3.05) is 0 Å². The van der Waals surface area contributed by atoms with Crippen molar-refractivity contribution in [3.63, 3.8) is 0 Å². The largest absolute Gasteiger partial charge is 0.309 e. The molecular weight excluding hydrogens is 660 g/mol. The Bertz CT molecular complexity index is 2510. The summed E-state index contributed by atoms with van der Waals surface area (Å²) in [6, 6.07) is 66.7. The Morgan fingerprint density at radius 1 is 0.392 bits per heavy atom. The second-order valence-electron chi connectivity index (χ2n) is 12.6. The van der Waals surface area contributed by atoms with E-state index in [1.54, 1.807) is 0 Å². The van der Waals surface area contributed by atoms with E-state index in [1.807, 2.05) is 12.1 Å². The van der Waals surface area contributed by atoms with Crippen LogP contribution in [0.15, 0.2) is 188 Å². The van der Waals surface area contributed by atoms with Crippen molar-refractivity contribution in [3.05, 3.63) is 193 Å². The summed E-state index contributed by atoms with van der Waals surface area (Å²) >= 11 is 6.70. The van der Waals surface area contributed by atoms with Crippen molar-refractivity contribution in [2.24, 2.45) is 0 Å². The van der Waals surface area contributed by atoms with Crippen LogP contribution in [0.3, 0.4) is 0 Å². The van der Waals surface area contributed by atoms with Crippen LogP contribution in [0.25, 0.3) is 50.3 Å². The zero-order chi connectivity index (χ0) is 34.2. The van der Waals surface area contributed by atoms with Gasteiger partial charge in [0.25, 0.3) is 0 Å². The summed E-state index contributed by atoms with van der Waals surface area (Å²) in [6.07, 6.45) is 0. The number of fused-ring (bicyclic) bond motifs is 3. The summed E-state index contributed by atoms with van der Waals surface area (Å²) in [7, 11) is -2.75. The van der Waals surface area contributed by atoms with Gasteiger partial charge < -0.3 is 4.57 Å². The lowest BCUT2D eigenvalue weighted by Gasteiger charge is -2.34. The van der Waals surface area contributed by atoms with E-state index in [4.69, 9.17) is 16.6 Å². The van der Waals surface area contributed by atoms with Crippen LogP contribution in [0.5, 0.6) is 0 Å². The molecule has 0 bridgehead atoms. The van der Waals surface area contributed by atoms with E-state index < -0.39 is 8.07 Å². The van der Waals surface area contributed by atoms with Gasteiger partial charge in [0.05, 0.1) is 11.0 Å². The number of aromatic nitrogens is 4. The van der Waals surface area contributed by atoms with Gasteiger partial charge in [-0.15, -0.1) is 0 Å². The monoisotopic (exact) mass is 690 g/mol. The molecule has 0 saturated carbocycles. The van der Waals surface area contributed by atoms with Crippen LogP contribution in [0.2, 0.25) is 5.28 Å². The second-order valence-corrected chi connectivity index (χ2v) is 16.7. The van der Waals surface area contributed by atoms with Gasteiger partial charge >= 0.3 is 0 Å². The van der Waals surface area contributed by atoms with Gasteiger partial charge in [0.1, 0.15) is 0 Å². The van der Waals surface area contributed by atoms with Gasteiger partial charge in [0.15, 0.2) is 19.7 Å². The Morgan fingerprint density at radius 3 is 1.35 bits per heavy atom. The Morgan fingerprint density at radius 2 is 0.824 bits per heavy atom. The Kier molecular flexibility index (Phi) is 7.84. The fourth-order valence-electron chi connectivity index (χ4n) is 7.55. The van der Waals surface area contributed by atoms with Gasteiger partial charge in [0, 0.05) is 27.6 Å². The molecule has 0 spiro atoms. The van der Waals surface area contributed by atoms with Crippen molar-refractivity contribution in [3.8, 4) is 28.5 Å². The van der Waals surface area contributed by atoms with Crippen LogP contribution in [-0.4, -0.2) is 27.6 Å². The van der Waals surface area contributed by atoms with Gasteiger partial charge in [-0.3, -0.25) is 0 Å². The van der Waals surface area contributed by atoms with Crippen molar-refractivity contribution in [1.82, 2.24) is 19.5 Å². The molecule has 9 aromatic rings. The normalized spacial score (nSPS) is 11.6. The molecule has 51 heavy (non-hydrogen) atoms. The fraction of sp³-hybridized carbons (Fsp3) is 0. The number of para-hydroxylation sites is 2. The van der Waals surface area contributed by atoms with E-state index in [2.05, 4.69) is 190 Å². The molecule has 0 unspecified atom stereocenters. The summed E-state index contributed by atoms with van der Waals surface area (Å²) in [5.41, 5.74) is 5.05. The molecule has 0 atom stereocenters. The molecule has 242 valence electrons. The number of hydrogen-bond acceptors (Lipinski definition) is 3. The smallest absolute Gasteiger partial charge is 0.226 e. The quantitative estimate of drug-likeness (QED) is 0.125. The molecule has 0 aliphatic rings. The third kappa shape index (κ3) is 5.35. The maximum Gasteiger partial charge on any atom is 0.226 e. The van der Waals surface area contributed by atoms with Gasteiger partial charge in [-0.05, 0) is 56.6 Å². The van der Waals surface area contributed by atoms with E-state index >= 15 is 0 Å². The minimum Gasteiger partial charge on any atom is -0.309 e. The first-order valence-electron chi connectivity index (χ1n) is 17.0. The minimum absolute atomic E-state index is 0.153. The fourth-order valence-corrected chi connectivity index (χ4v) is 12.5. The van der Waals surface area contributed by atoms with Crippen LogP contribution < -0.4 is 20.7 Å². The summed E-state index contributed by atoms with van der Waals surface area (Å²) in [6.45, 7) is 0. The average Bonchev–Trinajstić information content (AvgIpc) is 3.54. The minimum atomic E-state index is -2.75. The molecule has 2 aromatic heterocycles. The van der Waals surface area contributed by atoms with Crippen molar-refractivity contribution < 1.29 is 0 Å². The van der Waals surface area contributed by atoms with Crippen LogP contribution in [0.4, 0.5) is 0 Å². The van der Waals surface area contributed by atoms with E-state index in [-0.39, 0.29) is 5.28 Å². The Labute approximate surface area is 302 Å². The first-order valence-corrected chi connectivity index (χ1v) is 19.4. The Hall–Kier alpha value is -6.14. The first kappa shape index (κ1) is 30.9. The van der Waals surface area contributed by atoms with Gasteiger partial charge in [-0.2, -0.15) is 9.97 Å². The average molecular weight is 691 g/mol. The molecule has 0 radical (unpaired) electrons. The maximum absolute atomic E-state index is 6.70. The van der Waals surface area contributed by atoms with Crippen molar-refractivity contribution in [1.29, 1.82) is 0 Å². The number of hydrogen-bond donors (Lipinski definition) is 0. The van der Waals surface area contributed by atoms with Crippen LogP contribution in [0, 0.1) is 0 Å². The molecule has 0 N–H and O–H groups in total. The maximum atomic E-state index is 6.70. The zero-order valence-corrected chi connectivity index (χ0v) is 29.3. The van der Waals surface area contributed by atoms with E-state index in [1.165, 1.54) is 31.5 Å². The van der Waals surface area contributed by atoms with Crippen LogP contribution in [0.1, 0.15) is 0 Å². The molecule has 7 aromatic carbocycles. The first-order chi connectivity index (χ1) is 25.2. The molecule has 9 rings (SSSR count). The highest BCUT2D eigenvalue weighted by Gasteiger charge is 2.41. The van der Waals surface area contributed by atoms with E-state index in [0.29, 0.717) is 11.6 Å². The predicted molar refractivity (Wildman–Crippen MR) is 214 cm³/mol. The molecule has 0 fully saturated rings. The van der Waals surface area contributed by atoms with Crippen LogP contribution >= 0.6 is 11.6 Å². The van der Waals surface area contributed by atoms with Crippen molar-refractivity contribution >= 4 is 62.2 Å². The lowest BCUT2D eigenvalue weighted by atomic mass is 10.1. The number of rotatable bonds is 7. The second kappa shape index (κ2) is 13.0. The topological polar surface area (TPSA) is 43.6 Å². The highest BCUT2D eigenvalue weighted by Crippen LogP contribution is 2.33. The standard InChI is InChI=1S/C45H31ClN4Si/c46-45-48-43(32-16-14-18-34(30-32)50-41-28-12-10-26-39(41)40-27-11-13-29-42(40)50)47-44(49-45)33-17-15-25-38(31-33)51(35-19-4-1-5-20-35,36-21-6-2-7-22-36)37-23-8-3-9-24-37/h1-31H. The molecule has 0 aliphatic carbocycles. The summed E-state index contributed by atoms with van der Waals surface area (Å²) < 4.78 is 2.29. The summed E-state index contributed by atoms with van der Waals surface area (Å²) in [4.78, 5) is 14.4. The molecule has 0 saturated heterocycles. The predicted octanol–water partition coefficient (Wildman–Crippen LogP) is 8.33. The lowest BCUT2D eigenvalue weighted by Crippen LogP contribution is -2.74. The molecule has 0 amide bonds. The van der Waals surface area contributed by atoms with Crippen LogP contribution in [-0.2, 0) is 0 Å².